The number of carbonyl (C=O) groups excluding carboxylic acids is 1. The number of thiophene rings is 1. The molecule has 3 heterocycles. The molecule has 0 fully saturated rings. The quantitative estimate of drug-likeness (QED) is 0.587. The second-order valence-electron chi connectivity index (χ2n) is 5.74. The molecule has 0 radical (unpaired) electrons. The fourth-order valence-corrected chi connectivity index (χ4v) is 3.30. The SMILES string of the molecule is O=C(NCc1ccnc(-c2ccsc2)c1)c1cccc(-n2cccn2)c1. The fraction of sp³-hybridized carbons (Fsp3) is 0.0500. The van der Waals surface area contributed by atoms with Crippen LogP contribution in [-0.4, -0.2) is 20.7 Å². The first-order chi connectivity index (χ1) is 12.8. The highest BCUT2D eigenvalue weighted by Gasteiger charge is 2.08. The van der Waals surface area contributed by atoms with Crippen LogP contribution in [-0.2, 0) is 6.54 Å². The molecule has 0 aliphatic carbocycles. The molecule has 0 saturated carbocycles. The van der Waals surface area contributed by atoms with E-state index in [0.717, 1.165) is 22.5 Å². The molecule has 1 amide bonds. The monoisotopic (exact) mass is 360 g/mol. The van der Waals surface area contributed by atoms with E-state index in [9.17, 15) is 4.79 Å². The van der Waals surface area contributed by atoms with Crippen molar-refractivity contribution in [3.8, 4) is 16.9 Å². The van der Waals surface area contributed by atoms with E-state index < -0.39 is 0 Å². The average Bonchev–Trinajstić information content (AvgIpc) is 3.40. The molecular formula is C20H16N4OS. The van der Waals surface area contributed by atoms with Crippen LogP contribution in [0.1, 0.15) is 15.9 Å². The highest BCUT2D eigenvalue weighted by Crippen LogP contribution is 2.20. The Morgan fingerprint density at radius 1 is 1.12 bits per heavy atom. The smallest absolute Gasteiger partial charge is 0.251 e. The van der Waals surface area contributed by atoms with Gasteiger partial charge >= 0.3 is 0 Å². The van der Waals surface area contributed by atoms with E-state index in [1.54, 1.807) is 34.5 Å². The van der Waals surface area contributed by atoms with E-state index in [1.165, 1.54) is 0 Å². The third kappa shape index (κ3) is 3.55. The van der Waals surface area contributed by atoms with Crippen molar-refractivity contribution in [3.63, 3.8) is 0 Å². The van der Waals surface area contributed by atoms with Gasteiger partial charge in [-0.3, -0.25) is 9.78 Å². The molecule has 6 heteroatoms. The normalized spacial score (nSPS) is 10.6. The molecule has 0 spiro atoms. The van der Waals surface area contributed by atoms with Crippen molar-refractivity contribution in [2.24, 2.45) is 0 Å². The summed E-state index contributed by atoms with van der Waals surface area (Å²) in [5.41, 5.74) is 4.47. The van der Waals surface area contributed by atoms with Gasteiger partial charge in [-0.15, -0.1) is 0 Å². The Balaban J connectivity index is 1.46. The molecule has 0 aliphatic heterocycles. The van der Waals surface area contributed by atoms with E-state index in [1.807, 2.05) is 54.0 Å². The number of aromatic nitrogens is 3. The lowest BCUT2D eigenvalue weighted by atomic mass is 10.1. The largest absolute Gasteiger partial charge is 0.348 e. The van der Waals surface area contributed by atoms with Crippen LogP contribution >= 0.6 is 11.3 Å². The van der Waals surface area contributed by atoms with E-state index in [0.29, 0.717) is 12.1 Å². The lowest BCUT2D eigenvalue weighted by Gasteiger charge is -2.08. The highest BCUT2D eigenvalue weighted by molar-refractivity contribution is 7.08. The maximum absolute atomic E-state index is 12.5. The topological polar surface area (TPSA) is 59.8 Å². The summed E-state index contributed by atoms with van der Waals surface area (Å²) in [7, 11) is 0. The second kappa shape index (κ2) is 7.33. The van der Waals surface area contributed by atoms with Crippen molar-refractivity contribution < 1.29 is 4.79 Å². The Morgan fingerprint density at radius 3 is 2.88 bits per heavy atom. The van der Waals surface area contributed by atoms with Crippen LogP contribution in [0.3, 0.4) is 0 Å². The minimum Gasteiger partial charge on any atom is -0.348 e. The van der Waals surface area contributed by atoms with Crippen LogP contribution in [0, 0.1) is 0 Å². The molecule has 0 bridgehead atoms. The molecule has 3 aromatic heterocycles. The molecule has 0 aliphatic rings. The zero-order valence-corrected chi connectivity index (χ0v) is 14.7. The van der Waals surface area contributed by atoms with Gasteiger partial charge in [0.25, 0.3) is 5.91 Å². The fourth-order valence-electron chi connectivity index (χ4n) is 2.65. The van der Waals surface area contributed by atoms with E-state index >= 15 is 0 Å². The summed E-state index contributed by atoms with van der Waals surface area (Å²) in [4.78, 5) is 16.9. The van der Waals surface area contributed by atoms with Gasteiger partial charge < -0.3 is 5.32 Å². The number of benzene rings is 1. The van der Waals surface area contributed by atoms with Gasteiger partial charge in [0.2, 0.25) is 0 Å². The third-order valence-corrected chi connectivity index (χ3v) is 4.65. The van der Waals surface area contributed by atoms with Crippen molar-refractivity contribution in [2.75, 3.05) is 0 Å². The number of nitrogens with one attached hydrogen (secondary N) is 1. The zero-order chi connectivity index (χ0) is 17.8. The van der Waals surface area contributed by atoms with Crippen molar-refractivity contribution in [2.45, 2.75) is 6.54 Å². The van der Waals surface area contributed by atoms with E-state index in [-0.39, 0.29) is 5.91 Å². The highest BCUT2D eigenvalue weighted by atomic mass is 32.1. The molecule has 1 aromatic carbocycles. The second-order valence-corrected chi connectivity index (χ2v) is 6.53. The molecule has 1 N–H and O–H groups in total. The van der Waals surface area contributed by atoms with Crippen LogP contribution in [0.5, 0.6) is 0 Å². The summed E-state index contributed by atoms with van der Waals surface area (Å²) in [5, 5.41) is 11.2. The zero-order valence-electron chi connectivity index (χ0n) is 13.9. The summed E-state index contributed by atoms with van der Waals surface area (Å²) in [5.74, 6) is -0.118. The summed E-state index contributed by atoms with van der Waals surface area (Å²) >= 11 is 1.64. The average molecular weight is 360 g/mol. The third-order valence-electron chi connectivity index (χ3n) is 3.97. The Morgan fingerprint density at radius 2 is 2.08 bits per heavy atom. The first kappa shape index (κ1) is 16.2. The summed E-state index contributed by atoms with van der Waals surface area (Å²) in [6.45, 7) is 0.449. The van der Waals surface area contributed by atoms with Gasteiger partial charge in [-0.1, -0.05) is 6.07 Å². The predicted molar refractivity (Wildman–Crippen MR) is 102 cm³/mol. The number of nitrogens with zero attached hydrogens (tertiary/aromatic N) is 3. The molecule has 128 valence electrons. The van der Waals surface area contributed by atoms with Crippen molar-refractivity contribution in [1.29, 1.82) is 0 Å². The lowest BCUT2D eigenvalue weighted by Crippen LogP contribution is -2.23. The number of carbonyl (C=O) groups is 1. The van der Waals surface area contributed by atoms with Gasteiger partial charge in [-0.2, -0.15) is 16.4 Å². The van der Waals surface area contributed by atoms with Gasteiger partial charge in [0, 0.05) is 41.6 Å². The van der Waals surface area contributed by atoms with Gasteiger partial charge in [0.05, 0.1) is 11.4 Å². The summed E-state index contributed by atoms with van der Waals surface area (Å²) < 4.78 is 1.73. The van der Waals surface area contributed by atoms with Gasteiger partial charge in [-0.25, -0.2) is 4.68 Å². The minimum atomic E-state index is -0.118. The van der Waals surface area contributed by atoms with Crippen LogP contribution in [0.2, 0.25) is 0 Å². The molecule has 0 unspecified atom stereocenters. The lowest BCUT2D eigenvalue weighted by molar-refractivity contribution is 0.0951. The summed E-state index contributed by atoms with van der Waals surface area (Å²) in [6.07, 6.45) is 5.33. The molecule has 0 saturated heterocycles. The van der Waals surface area contributed by atoms with Gasteiger partial charge in [0.15, 0.2) is 0 Å². The maximum atomic E-state index is 12.5. The standard InChI is InChI=1S/C20H16N4OS/c25-20(16-3-1-4-18(12-16)24-9-2-7-23-24)22-13-15-5-8-21-19(11-15)17-6-10-26-14-17/h1-12,14H,13H2,(H,22,25). The van der Waals surface area contributed by atoms with E-state index in [2.05, 4.69) is 20.8 Å². The van der Waals surface area contributed by atoms with Gasteiger partial charge in [0.1, 0.15) is 0 Å². The van der Waals surface area contributed by atoms with Crippen LogP contribution in [0.4, 0.5) is 0 Å². The Hall–Kier alpha value is -3.25. The Bertz CT molecular complexity index is 1010. The molecule has 0 atom stereocenters. The van der Waals surface area contributed by atoms with E-state index in [4.69, 9.17) is 0 Å². The molecule has 4 rings (SSSR count). The number of pyridine rings is 1. The van der Waals surface area contributed by atoms with Crippen molar-refractivity contribution in [3.05, 3.63) is 89.0 Å². The number of amides is 1. The minimum absolute atomic E-state index is 0.118. The Kier molecular flexibility index (Phi) is 4.57. The first-order valence-electron chi connectivity index (χ1n) is 8.15. The molecule has 5 nitrogen and oxygen atoms in total. The number of hydrogen-bond acceptors (Lipinski definition) is 4. The number of rotatable bonds is 5. The van der Waals surface area contributed by atoms with Gasteiger partial charge in [-0.05, 0) is 53.4 Å². The van der Waals surface area contributed by atoms with Crippen molar-refractivity contribution >= 4 is 17.2 Å². The summed E-state index contributed by atoms with van der Waals surface area (Å²) in [6, 6.07) is 15.2. The molecule has 26 heavy (non-hydrogen) atoms. The molecule has 4 aromatic rings. The first-order valence-corrected chi connectivity index (χ1v) is 9.10. The number of hydrogen-bond donors (Lipinski definition) is 1. The van der Waals surface area contributed by atoms with Crippen LogP contribution < -0.4 is 5.32 Å². The van der Waals surface area contributed by atoms with Crippen LogP contribution in [0.25, 0.3) is 16.9 Å². The van der Waals surface area contributed by atoms with Crippen LogP contribution in [0.15, 0.2) is 77.9 Å². The Labute approximate surface area is 155 Å². The predicted octanol–water partition coefficient (Wildman–Crippen LogP) is 3.93. The van der Waals surface area contributed by atoms with Crippen molar-refractivity contribution in [1.82, 2.24) is 20.1 Å². The maximum Gasteiger partial charge on any atom is 0.251 e. The molecular weight excluding hydrogens is 344 g/mol.